The SMILES string of the molecule is CC1=CC(Cl)=CN2C=C(CCl)N(C)C12.CCC. The second kappa shape index (κ2) is 6.36. The Balaban J connectivity index is 0.000000437. The van der Waals surface area contributed by atoms with Crippen molar-refractivity contribution < 1.29 is 0 Å². The highest BCUT2D eigenvalue weighted by Crippen LogP contribution is 2.32. The van der Waals surface area contributed by atoms with Crippen LogP contribution in [0.15, 0.2) is 34.8 Å². The van der Waals surface area contributed by atoms with Crippen LogP contribution in [0, 0.1) is 0 Å². The third-order valence-corrected chi connectivity index (χ3v) is 3.06. The standard InChI is InChI=1S/C10H12Cl2N2.C3H8/c1-7-3-8(12)5-14-6-9(4-11)13(2)10(7)14;1-3-2/h3,5-6,10H,4H2,1-2H3;3H2,1-2H3. The molecule has 0 aliphatic carbocycles. The predicted molar refractivity (Wildman–Crippen MR) is 75.9 cm³/mol. The molecule has 0 radical (unpaired) electrons. The summed E-state index contributed by atoms with van der Waals surface area (Å²) in [5, 5.41) is 0.763. The molecule has 0 bridgehead atoms. The largest absolute Gasteiger partial charge is 0.352 e. The smallest absolute Gasteiger partial charge is 0.127 e. The maximum absolute atomic E-state index is 5.98. The quantitative estimate of drug-likeness (QED) is 0.665. The fourth-order valence-corrected chi connectivity index (χ4v) is 2.48. The zero-order valence-corrected chi connectivity index (χ0v) is 12.4. The van der Waals surface area contributed by atoms with Gasteiger partial charge in [-0.2, -0.15) is 0 Å². The minimum Gasteiger partial charge on any atom is -0.352 e. The highest BCUT2D eigenvalue weighted by molar-refractivity contribution is 6.31. The summed E-state index contributed by atoms with van der Waals surface area (Å²) in [6, 6.07) is 0. The molecule has 17 heavy (non-hydrogen) atoms. The van der Waals surface area contributed by atoms with Crippen LogP contribution in [0.2, 0.25) is 0 Å². The minimum atomic E-state index is 0.256. The normalized spacial score (nSPS) is 22.2. The molecule has 2 nitrogen and oxygen atoms in total. The lowest BCUT2D eigenvalue weighted by molar-refractivity contribution is 0.250. The van der Waals surface area contributed by atoms with Crippen molar-refractivity contribution in [3.8, 4) is 0 Å². The van der Waals surface area contributed by atoms with E-state index in [1.165, 1.54) is 12.0 Å². The fraction of sp³-hybridized carbons (Fsp3) is 0.538. The number of halogens is 2. The van der Waals surface area contributed by atoms with Gasteiger partial charge in [-0.15, -0.1) is 11.6 Å². The number of alkyl halides is 1. The van der Waals surface area contributed by atoms with E-state index in [9.17, 15) is 0 Å². The number of hydrogen-bond acceptors (Lipinski definition) is 2. The van der Waals surface area contributed by atoms with E-state index < -0.39 is 0 Å². The van der Waals surface area contributed by atoms with Crippen LogP contribution in [0.4, 0.5) is 0 Å². The van der Waals surface area contributed by atoms with Gasteiger partial charge in [0, 0.05) is 25.1 Å². The number of nitrogens with zero attached hydrogens (tertiary/aromatic N) is 2. The molecule has 0 aromatic heterocycles. The van der Waals surface area contributed by atoms with E-state index in [4.69, 9.17) is 23.2 Å². The molecule has 0 N–H and O–H groups in total. The Kier molecular flexibility index (Phi) is 5.41. The molecular formula is C13H20Cl2N2. The molecule has 0 aromatic rings. The average molecular weight is 275 g/mol. The van der Waals surface area contributed by atoms with Gasteiger partial charge in [-0.05, 0) is 18.6 Å². The molecule has 0 fully saturated rings. The Hall–Kier alpha value is -0.600. The van der Waals surface area contributed by atoms with Crippen LogP contribution >= 0.6 is 23.2 Å². The second-order valence-electron chi connectivity index (χ2n) is 4.30. The zero-order valence-electron chi connectivity index (χ0n) is 10.9. The van der Waals surface area contributed by atoms with Gasteiger partial charge in [0.2, 0.25) is 0 Å². The van der Waals surface area contributed by atoms with Crippen LogP contribution in [0.25, 0.3) is 0 Å². The van der Waals surface area contributed by atoms with Crippen molar-refractivity contribution in [2.45, 2.75) is 33.4 Å². The van der Waals surface area contributed by atoms with Crippen LogP contribution in [0.5, 0.6) is 0 Å². The van der Waals surface area contributed by atoms with E-state index in [0.29, 0.717) is 5.88 Å². The Bertz CT molecular complexity index is 358. The van der Waals surface area contributed by atoms with Gasteiger partial charge in [0.25, 0.3) is 0 Å². The molecule has 4 heteroatoms. The Morgan fingerprint density at radius 3 is 2.41 bits per heavy atom. The van der Waals surface area contributed by atoms with E-state index in [1.807, 2.05) is 25.5 Å². The van der Waals surface area contributed by atoms with Gasteiger partial charge in [0.05, 0.1) is 10.9 Å². The molecule has 0 saturated heterocycles. The molecule has 0 amide bonds. The van der Waals surface area contributed by atoms with Crippen LogP contribution in [-0.2, 0) is 0 Å². The van der Waals surface area contributed by atoms with E-state index in [-0.39, 0.29) is 6.17 Å². The van der Waals surface area contributed by atoms with Gasteiger partial charge in [-0.25, -0.2) is 0 Å². The van der Waals surface area contributed by atoms with Crippen LogP contribution in [0.1, 0.15) is 27.2 Å². The molecule has 0 spiro atoms. The highest BCUT2D eigenvalue weighted by Gasteiger charge is 2.31. The lowest BCUT2D eigenvalue weighted by Gasteiger charge is -2.32. The van der Waals surface area contributed by atoms with Crippen molar-refractivity contribution in [3.05, 3.63) is 34.8 Å². The number of fused-ring (bicyclic) bond motifs is 1. The monoisotopic (exact) mass is 274 g/mol. The lowest BCUT2D eigenvalue weighted by atomic mass is 10.1. The van der Waals surface area contributed by atoms with Crippen LogP contribution in [-0.4, -0.2) is 28.9 Å². The molecule has 1 unspecified atom stereocenters. The summed E-state index contributed by atoms with van der Waals surface area (Å²) in [7, 11) is 2.04. The van der Waals surface area contributed by atoms with Crippen molar-refractivity contribution in [2.75, 3.05) is 12.9 Å². The first-order valence-corrected chi connectivity index (χ1v) is 6.78. The van der Waals surface area contributed by atoms with Gasteiger partial charge >= 0.3 is 0 Å². The lowest BCUT2D eigenvalue weighted by Crippen LogP contribution is -2.37. The molecule has 0 aromatic carbocycles. The summed E-state index contributed by atoms with van der Waals surface area (Å²) >= 11 is 11.8. The Labute approximate surface area is 114 Å². The molecule has 1 atom stereocenters. The molecule has 96 valence electrons. The maximum atomic E-state index is 5.98. The summed E-state index contributed by atoms with van der Waals surface area (Å²) in [6.45, 7) is 6.33. The number of rotatable bonds is 1. The van der Waals surface area contributed by atoms with Gasteiger partial charge < -0.3 is 9.80 Å². The number of allylic oxidation sites excluding steroid dienone is 3. The Morgan fingerprint density at radius 1 is 1.29 bits per heavy atom. The molecular weight excluding hydrogens is 255 g/mol. The van der Waals surface area contributed by atoms with Crippen molar-refractivity contribution in [1.29, 1.82) is 0 Å². The van der Waals surface area contributed by atoms with Gasteiger partial charge in [0.15, 0.2) is 0 Å². The molecule has 0 saturated carbocycles. The van der Waals surface area contributed by atoms with Crippen LogP contribution in [0.3, 0.4) is 0 Å². The molecule has 2 aliphatic rings. The summed E-state index contributed by atoms with van der Waals surface area (Å²) in [5.74, 6) is 0.530. The molecule has 2 heterocycles. The third-order valence-electron chi connectivity index (χ3n) is 2.58. The molecule has 2 rings (SSSR count). The van der Waals surface area contributed by atoms with Gasteiger partial charge in [0.1, 0.15) is 6.17 Å². The van der Waals surface area contributed by atoms with E-state index in [1.54, 1.807) is 0 Å². The minimum absolute atomic E-state index is 0.256. The fourth-order valence-electron chi connectivity index (χ4n) is 1.94. The van der Waals surface area contributed by atoms with E-state index in [0.717, 1.165) is 10.7 Å². The summed E-state index contributed by atoms with van der Waals surface area (Å²) < 4.78 is 0. The van der Waals surface area contributed by atoms with E-state index >= 15 is 0 Å². The Morgan fingerprint density at radius 2 is 1.88 bits per heavy atom. The van der Waals surface area contributed by atoms with Crippen molar-refractivity contribution in [3.63, 3.8) is 0 Å². The highest BCUT2D eigenvalue weighted by atomic mass is 35.5. The average Bonchev–Trinajstić information content (AvgIpc) is 2.56. The topological polar surface area (TPSA) is 6.48 Å². The van der Waals surface area contributed by atoms with Crippen molar-refractivity contribution in [1.82, 2.24) is 9.80 Å². The third kappa shape index (κ3) is 3.20. The summed E-state index contributed by atoms with van der Waals surface area (Å²) in [6.07, 6.45) is 7.46. The molecule has 2 aliphatic heterocycles. The first kappa shape index (κ1) is 14.5. The number of hydrogen-bond donors (Lipinski definition) is 0. The predicted octanol–water partition coefficient (Wildman–Crippen LogP) is 4.10. The van der Waals surface area contributed by atoms with Crippen LogP contribution < -0.4 is 0 Å². The van der Waals surface area contributed by atoms with Crippen molar-refractivity contribution >= 4 is 23.2 Å². The van der Waals surface area contributed by atoms with Crippen molar-refractivity contribution in [2.24, 2.45) is 0 Å². The van der Waals surface area contributed by atoms with Gasteiger partial charge in [-0.3, -0.25) is 0 Å². The first-order valence-electron chi connectivity index (χ1n) is 5.87. The summed E-state index contributed by atoms with van der Waals surface area (Å²) in [5.41, 5.74) is 2.35. The first-order chi connectivity index (χ1) is 8.04. The second-order valence-corrected chi connectivity index (χ2v) is 5.00. The number of likely N-dealkylation sites (N-methyl/N-ethyl adjacent to an activating group) is 1. The van der Waals surface area contributed by atoms with Gasteiger partial charge in [-0.1, -0.05) is 31.9 Å². The maximum Gasteiger partial charge on any atom is 0.127 e. The van der Waals surface area contributed by atoms with E-state index in [2.05, 4.69) is 30.6 Å². The summed E-state index contributed by atoms with van der Waals surface area (Å²) in [4.78, 5) is 4.26. The zero-order chi connectivity index (χ0) is 13.0.